The standard InChI is InChI=1S/C8H8ClFO3S/c9-6-1-3-7(4-2-6)14(12,13)8(10)5-11/h1-4,8,11H,5H2. The molecule has 3 nitrogen and oxygen atoms in total. The molecule has 0 fully saturated rings. The Kier molecular flexibility index (Phi) is 3.47. The van der Waals surface area contributed by atoms with Crippen molar-refractivity contribution >= 4 is 21.4 Å². The van der Waals surface area contributed by atoms with Crippen molar-refractivity contribution in [2.45, 2.75) is 10.4 Å². The van der Waals surface area contributed by atoms with Crippen molar-refractivity contribution in [2.24, 2.45) is 0 Å². The molecule has 0 aliphatic heterocycles. The molecule has 0 saturated carbocycles. The summed E-state index contributed by atoms with van der Waals surface area (Å²) < 4.78 is 35.4. The second-order valence-electron chi connectivity index (χ2n) is 2.59. The number of sulfone groups is 1. The minimum atomic E-state index is -4.08. The van der Waals surface area contributed by atoms with Crippen molar-refractivity contribution < 1.29 is 17.9 Å². The van der Waals surface area contributed by atoms with Gasteiger partial charge in [-0.05, 0) is 24.3 Å². The third-order valence-corrected chi connectivity index (χ3v) is 3.63. The molecule has 0 heterocycles. The van der Waals surface area contributed by atoms with Crippen molar-refractivity contribution in [1.82, 2.24) is 0 Å². The number of alkyl halides is 1. The Morgan fingerprint density at radius 3 is 2.29 bits per heavy atom. The molecule has 1 rings (SSSR count). The van der Waals surface area contributed by atoms with Gasteiger partial charge in [0.2, 0.25) is 15.3 Å². The summed E-state index contributed by atoms with van der Waals surface area (Å²) in [6.07, 6.45) is 0. The summed E-state index contributed by atoms with van der Waals surface area (Å²) in [7, 11) is -4.08. The molecular weight excluding hydrogens is 231 g/mol. The third-order valence-electron chi connectivity index (χ3n) is 1.62. The molecule has 0 saturated heterocycles. The first kappa shape index (κ1) is 11.4. The Morgan fingerprint density at radius 2 is 1.86 bits per heavy atom. The summed E-state index contributed by atoms with van der Waals surface area (Å²) in [5.41, 5.74) is -2.29. The van der Waals surface area contributed by atoms with Gasteiger partial charge in [0, 0.05) is 5.02 Å². The maximum absolute atomic E-state index is 12.8. The number of benzene rings is 1. The fourth-order valence-electron chi connectivity index (χ4n) is 0.870. The Hall–Kier alpha value is -0.650. The first-order valence-corrected chi connectivity index (χ1v) is 5.65. The van der Waals surface area contributed by atoms with Crippen LogP contribution in [0.25, 0.3) is 0 Å². The van der Waals surface area contributed by atoms with E-state index in [1.54, 1.807) is 0 Å². The number of halogens is 2. The highest BCUT2D eigenvalue weighted by Gasteiger charge is 2.25. The van der Waals surface area contributed by atoms with Gasteiger partial charge in [-0.2, -0.15) is 0 Å². The van der Waals surface area contributed by atoms with E-state index in [0.29, 0.717) is 5.02 Å². The number of aliphatic hydroxyl groups is 1. The second kappa shape index (κ2) is 4.25. The van der Waals surface area contributed by atoms with Crippen molar-refractivity contribution in [1.29, 1.82) is 0 Å². The highest BCUT2D eigenvalue weighted by molar-refractivity contribution is 7.92. The van der Waals surface area contributed by atoms with E-state index in [9.17, 15) is 12.8 Å². The van der Waals surface area contributed by atoms with Crippen LogP contribution < -0.4 is 0 Å². The van der Waals surface area contributed by atoms with E-state index >= 15 is 0 Å². The predicted octanol–water partition coefficient (Wildman–Crippen LogP) is 1.40. The molecule has 0 aliphatic rings. The maximum Gasteiger partial charge on any atom is 0.228 e. The van der Waals surface area contributed by atoms with E-state index < -0.39 is 21.9 Å². The van der Waals surface area contributed by atoms with Crippen LogP contribution in [0.2, 0.25) is 5.02 Å². The zero-order chi connectivity index (χ0) is 10.8. The van der Waals surface area contributed by atoms with E-state index in [2.05, 4.69) is 0 Å². The first-order valence-electron chi connectivity index (χ1n) is 3.73. The number of hydrogen-bond donors (Lipinski definition) is 1. The number of aliphatic hydroxyl groups excluding tert-OH is 1. The SMILES string of the molecule is O=S(=O)(c1ccc(Cl)cc1)C(F)CO. The molecule has 14 heavy (non-hydrogen) atoms. The molecule has 1 atom stereocenters. The molecule has 6 heteroatoms. The summed E-state index contributed by atoms with van der Waals surface area (Å²) in [6.45, 7) is -1.05. The van der Waals surface area contributed by atoms with Gasteiger partial charge >= 0.3 is 0 Å². The molecule has 0 bridgehead atoms. The minimum Gasteiger partial charge on any atom is -0.392 e. The lowest BCUT2D eigenvalue weighted by molar-refractivity contribution is 0.226. The predicted molar refractivity (Wildman–Crippen MR) is 50.6 cm³/mol. The van der Waals surface area contributed by atoms with Gasteiger partial charge in [-0.1, -0.05) is 11.6 Å². The van der Waals surface area contributed by atoms with Crippen LogP contribution in [-0.4, -0.2) is 25.6 Å². The smallest absolute Gasteiger partial charge is 0.228 e. The second-order valence-corrected chi connectivity index (χ2v) is 5.10. The molecule has 1 N–H and O–H groups in total. The average molecular weight is 239 g/mol. The molecule has 0 aromatic heterocycles. The van der Waals surface area contributed by atoms with Crippen LogP contribution in [0.1, 0.15) is 0 Å². The van der Waals surface area contributed by atoms with Crippen LogP contribution in [0.5, 0.6) is 0 Å². The largest absolute Gasteiger partial charge is 0.392 e. The van der Waals surface area contributed by atoms with Crippen molar-refractivity contribution in [3.8, 4) is 0 Å². The van der Waals surface area contributed by atoms with Crippen molar-refractivity contribution in [3.05, 3.63) is 29.3 Å². The van der Waals surface area contributed by atoms with Gasteiger partial charge in [0.15, 0.2) is 0 Å². The highest BCUT2D eigenvalue weighted by Crippen LogP contribution is 2.19. The molecule has 0 amide bonds. The Bertz CT molecular complexity index is 401. The summed E-state index contributed by atoms with van der Waals surface area (Å²) in [5.74, 6) is 0. The normalized spacial score (nSPS) is 13.9. The van der Waals surface area contributed by atoms with Gasteiger partial charge < -0.3 is 5.11 Å². The molecule has 0 aliphatic carbocycles. The van der Waals surface area contributed by atoms with E-state index in [4.69, 9.17) is 16.7 Å². The number of rotatable bonds is 3. The molecule has 0 spiro atoms. The Morgan fingerprint density at radius 1 is 1.36 bits per heavy atom. The van der Waals surface area contributed by atoms with Crippen LogP contribution in [0, 0.1) is 0 Å². The summed E-state index contributed by atoms with van der Waals surface area (Å²) in [6, 6.07) is 5.08. The van der Waals surface area contributed by atoms with Crippen LogP contribution in [0.15, 0.2) is 29.2 Å². The molecule has 1 aromatic rings. The van der Waals surface area contributed by atoms with Gasteiger partial charge in [0.05, 0.1) is 11.5 Å². The number of hydrogen-bond acceptors (Lipinski definition) is 3. The Labute approximate surface area is 86.0 Å². The first-order chi connectivity index (χ1) is 6.48. The lowest BCUT2D eigenvalue weighted by Gasteiger charge is -2.06. The van der Waals surface area contributed by atoms with Gasteiger partial charge in [0.25, 0.3) is 0 Å². The van der Waals surface area contributed by atoms with E-state index in [1.807, 2.05) is 0 Å². The van der Waals surface area contributed by atoms with Crippen LogP contribution in [-0.2, 0) is 9.84 Å². The maximum atomic E-state index is 12.8. The summed E-state index contributed by atoms with van der Waals surface area (Å²) in [5, 5.41) is 8.77. The highest BCUT2D eigenvalue weighted by atomic mass is 35.5. The molecule has 1 aromatic carbocycles. The van der Waals surface area contributed by atoms with Gasteiger partial charge in [-0.3, -0.25) is 0 Å². The van der Waals surface area contributed by atoms with E-state index in [1.165, 1.54) is 24.3 Å². The summed E-state index contributed by atoms with van der Waals surface area (Å²) >= 11 is 5.54. The zero-order valence-electron chi connectivity index (χ0n) is 7.02. The third kappa shape index (κ3) is 2.23. The Balaban J connectivity index is 3.11. The fourth-order valence-corrected chi connectivity index (χ4v) is 2.00. The molecule has 78 valence electrons. The molecule has 0 radical (unpaired) electrons. The van der Waals surface area contributed by atoms with Gasteiger partial charge in [0.1, 0.15) is 0 Å². The van der Waals surface area contributed by atoms with E-state index in [-0.39, 0.29) is 4.90 Å². The van der Waals surface area contributed by atoms with Gasteiger partial charge in [-0.15, -0.1) is 0 Å². The lowest BCUT2D eigenvalue weighted by atomic mass is 10.4. The zero-order valence-corrected chi connectivity index (χ0v) is 8.59. The molecule has 1 unspecified atom stereocenters. The molecular formula is C8H8ClFO3S. The van der Waals surface area contributed by atoms with E-state index in [0.717, 1.165) is 0 Å². The van der Waals surface area contributed by atoms with Crippen molar-refractivity contribution in [3.63, 3.8) is 0 Å². The fraction of sp³-hybridized carbons (Fsp3) is 0.250. The lowest BCUT2D eigenvalue weighted by Crippen LogP contribution is -2.20. The monoisotopic (exact) mass is 238 g/mol. The van der Waals surface area contributed by atoms with Crippen LogP contribution in [0.4, 0.5) is 4.39 Å². The van der Waals surface area contributed by atoms with Gasteiger partial charge in [-0.25, -0.2) is 12.8 Å². The summed E-state index contributed by atoms with van der Waals surface area (Å²) in [4.78, 5) is -0.191. The van der Waals surface area contributed by atoms with Crippen LogP contribution >= 0.6 is 11.6 Å². The quantitative estimate of drug-likeness (QED) is 0.866. The van der Waals surface area contributed by atoms with Crippen molar-refractivity contribution in [2.75, 3.05) is 6.61 Å². The topological polar surface area (TPSA) is 54.4 Å². The van der Waals surface area contributed by atoms with Crippen LogP contribution in [0.3, 0.4) is 0 Å². The average Bonchev–Trinajstić information content (AvgIpc) is 2.17. The minimum absolute atomic E-state index is 0.191.